The van der Waals surface area contributed by atoms with Gasteiger partial charge in [0.25, 0.3) is 0 Å². The summed E-state index contributed by atoms with van der Waals surface area (Å²) in [7, 11) is 0. The van der Waals surface area contributed by atoms with E-state index in [4.69, 9.17) is 5.73 Å². The van der Waals surface area contributed by atoms with Crippen molar-refractivity contribution in [2.75, 3.05) is 5.75 Å². The molecule has 0 saturated heterocycles. The molecule has 2 N–H and O–H groups in total. The maximum Gasteiger partial charge on any atom is 0.169 e. The van der Waals surface area contributed by atoms with Crippen LogP contribution < -0.4 is 5.73 Å². The Hall–Kier alpha value is -0.800. The van der Waals surface area contributed by atoms with Crippen LogP contribution in [0.1, 0.15) is 24.2 Å². The molecular formula is C12H15NOS. The van der Waals surface area contributed by atoms with Crippen molar-refractivity contribution in [3.63, 3.8) is 0 Å². The van der Waals surface area contributed by atoms with Gasteiger partial charge in [-0.1, -0.05) is 18.2 Å². The molecule has 1 unspecified atom stereocenters. The SMILES string of the molecule is CC(C)(N)C1CSc2ccccc2C1=O. The lowest BCUT2D eigenvalue weighted by molar-refractivity contribution is 0.0881. The lowest BCUT2D eigenvalue weighted by Gasteiger charge is -2.32. The van der Waals surface area contributed by atoms with Gasteiger partial charge in [0.2, 0.25) is 0 Å². The topological polar surface area (TPSA) is 43.1 Å². The van der Waals surface area contributed by atoms with Crippen LogP contribution in [0.3, 0.4) is 0 Å². The zero-order valence-electron chi connectivity index (χ0n) is 8.99. The fourth-order valence-corrected chi connectivity index (χ4v) is 3.21. The van der Waals surface area contributed by atoms with Crippen LogP contribution in [0.4, 0.5) is 0 Å². The summed E-state index contributed by atoms with van der Waals surface area (Å²) < 4.78 is 0. The number of hydrogen-bond donors (Lipinski definition) is 1. The van der Waals surface area contributed by atoms with Crippen molar-refractivity contribution < 1.29 is 4.79 Å². The quantitative estimate of drug-likeness (QED) is 0.791. The first kappa shape index (κ1) is 10.7. The number of benzene rings is 1. The van der Waals surface area contributed by atoms with Crippen molar-refractivity contribution in [1.29, 1.82) is 0 Å². The monoisotopic (exact) mass is 221 g/mol. The van der Waals surface area contributed by atoms with E-state index in [0.29, 0.717) is 0 Å². The van der Waals surface area contributed by atoms with Crippen molar-refractivity contribution in [1.82, 2.24) is 0 Å². The standard InChI is InChI=1S/C12H15NOS/c1-12(2,13)9-7-15-10-6-4-3-5-8(10)11(9)14/h3-6,9H,7,13H2,1-2H3. The molecule has 3 heteroatoms. The van der Waals surface area contributed by atoms with Crippen LogP contribution in [-0.2, 0) is 0 Å². The zero-order valence-corrected chi connectivity index (χ0v) is 9.80. The van der Waals surface area contributed by atoms with E-state index in [-0.39, 0.29) is 11.7 Å². The lowest BCUT2D eigenvalue weighted by atomic mass is 9.83. The summed E-state index contributed by atoms with van der Waals surface area (Å²) in [4.78, 5) is 13.3. The van der Waals surface area contributed by atoms with Crippen LogP contribution >= 0.6 is 11.8 Å². The van der Waals surface area contributed by atoms with Crippen molar-refractivity contribution in [2.45, 2.75) is 24.3 Å². The Morgan fingerprint density at radius 2 is 2.07 bits per heavy atom. The first-order chi connectivity index (χ1) is 7.00. The van der Waals surface area contributed by atoms with Crippen molar-refractivity contribution in [3.8, 4) is 0 Å². The van der Waals surface area contributed by atoms with Gasteiger partial charge in [0.1, 0.15) is 0 Å². The third-order valence-corrected chi connectivity index (χ3v) is 3.94. The maximum atomic E-state index is 12.2. The van der Waals surface area contributed by atoms with Gasteiger partial charge in [-0.05, 0) is 19.9 Å². The van der Waals surface area contributed by atoms with Gasteiger partial charge in [-0.2, -0.15) is 0 Å². The van der Waals surface area contributed by atoms with Gasteiger partial charge in [0, 0.05) is 27.7 Å². The molecule has 1 aliphatic heterocycles. The number of carbonyl (C=O) groups excluding carboxylic acids is 1. The predicted octanol–water partition coefficient (Wildman–Crippen LogP) is 2.33. The van der Waals surface area contributed by atoms with Gasteiger partial charge in [-0.25, -0.2) is 0 Å². The summed E-state index contributed by atoms with van der Waals surface area (Å²) in [6.45, 7) is 3.84. The summed E-state index contributed by atoms with van der Waals surface area (Å²) in [5.41, 5.74) is 6.42. The van der Waals surface area contributed by atoms with E-state index >= 15 is 0 Å². The third kappa shape index (κ3) is 1.94. The largest absolute Gasteiger partial charge is 0.325 e. The Bertz CT molecular complexity index is 395. The number of Topliss-reactive ketones (excluding diaryl/α,β-unsaturated/α-hetero) is 1. The molecule has 0 aliphatic carbocycles. The second-order valence-electron chi connectivity index (χ2n) is 4.55. The number of fused-ring (bicyclic) bond motifs is 1. The van der Waals surface area contributed by atoms with Crippen LogP contribution in [0, 0.1) is 5.92 Å². The van der Waals surface area contributed by atoms with Crippen molar-refractivity contribution in [3.05, 3.63) is 29.8 Å². The molecule has 15 heavy (non-hydrogen) atoms. The number of carbonyl (C=O) groups is 1. The molecule has 0 amide bonds. The lowest BCUT2D eigenvalue weighted by Crippen LogP contribution is -2.47. The average molecular weight is 221 g/mol. The first-order valence-electron chi connectivity index (χ1n) is 5.05. The molecule has 1 aromatic carbocycles. The Morgan fingerprint density at radius 1 is 1.40 bits per heavy atom. The molecule has 0 saturated carbocycles. The summed E-state index contributed by atoms with van der Waals surface area (Å²) in [6.07, 6.45) is 0. The third-order valence-electron chi connectivity index (χ3n) is 2.77. The number of hydrogen-bond acceptors (Lipinski definition) is 3. The Morgan fingerprint density at radius 3 is 2.73 bits per heavy atom. The molecule has 0 radical (unpaired) electrons. The van der Waals surface area contributed by atoms with E-state index in [2.05, 4.69) is 0 Å². The van der Waals surface area contributed by atoms with Gasteiger partial charge in [0.05, 0.1) is 0 Å². The van der Waals surface area contributed by atoms with Crippen LogP contribution in [0.25, 0.3) is 0 Å². The molecule has 80 valence electrons. The minimum Gasteiger partial charge on any atom is -0.325 e. The molecular weight excluding hydrogens is 206 g/mol. The number of nitrogens with two attached hydrogens (primary N) is 1. The van der Waals surface area contributed by atoms with E-state index in [1.54, 1.807) is 11.8 Å². The summed E-state index contributed by atoms with van der Waals surface area (Å²) in [5, 5.41) is 0. The molecule has 1 heterocycles. The van der Waals surface area contributed by atoms with E-state index in [0.717, 1.165) is 16.2 Å². The van der Waals surface area contributed by atoms with E-state index in [9.17, 15) is 4.79 Å². The Labute approximate surface area is 94.2 Å². The molecule has 1 aliphatic rings. The average Bonchev–Trinajstić information content (AvgIpc) is 2.16. The molecule has 0 spiro atoms. The highest BCUT2D eigenvalue weighted by molar-refractivity contribution is 7.99. The zero-order chi connectivity index (χ0) is 11.1. The predicted molar refractivity (Wildman–Crippen MR) is 63.3 cm³/mol. The Kier molecular flexibility index (Phi) is 2.61. The number of thioether (sulfide) groups is 1. The highest BCUT2D eigenvalue weighted by Crippen LogP contribution is 2.36. The van der Waals surface area contributed by atoms with Crippen molar-refractivity contribution in [2.24, 2.45) is 11.7 Å². The van der Waals surface area contributed by atoms with Gasteiger partial charge in [0.15, 0.2) is 5.78 Å². The maximum absolute atomic E-state index is 12.2. The molecule has 2 rings (SSSR count). The molecule has 0 aromatic heterocycles. The smallest absolute Gasteiger partial charge is 0.169 e. The van der Waals surface area contributed by atoms with Gasteiger partial charge < -0.3 is 5.73 Å². The molecule has 1 aromatic rings. The summed E-state index contributed by atoms with van der Waals surface area (Å²) in [5.74, 6) is 0.911. The molecule has 2 nitrogen and oxygen atoms in total. The van der Waals surface area contributed by atoms with E-state index in [1.165, 1.54) is 0 Å². The molecule has 1 atom stereocenters. The summed E-state index contributed by atoms with van der Waals surface area (Å²) >= 11 is 1.73. The van der Waals surface area contributed by atoms with E-state index in [1.807, 2.05) is 38.1 Å². The Balaban J connectivity index is 2.38. The minimum absolute atomic E-state index is 0.0719. The van der Waals surface area contributed by atoms with Gasteiger partial charge >= 0.3 is 0 Å². The normalized spacial score (nSPS) is 21.3. The van der Waals surface area contributed by atoms with Crippen LogP contribution in [0.5, 0.6) is 0 Å². The highest BCUT2D eigenvalue weighted by atomic mass is 32.2. The van der Waals surface area contributed by atoms with Crippen LogP contribution in [0.15, 0.2) is 29.2 Å². The van der Waals surface area contributed by atoms with Crippen molar-refractivity contribution >= 4 is 17.5 Å². The second-order valence-corrected chi connectivity index (χ2v) is 5.61. The highest BCUT2D eigenvalue weighted by Gasteiger charge is 2.36. The van der Waals surface area contributed by atoms with E-state index < -0.39 is 5.54 Å². The number of rotatable bonds is 1. The fourth-order valence-electron chi connectivity index (χ4n) is 1.79. The van der Waals surface area contributed by atoms with Crippen LogP contribution in [0.2, 0.25) is 0 Å². The first-order valence-corrected chi connectivity index (χ1v) is 6.03. The van der Waals surface area contributed by atoms with Gasteiger partial charge in [-0.3, -0.25) is 4.79 Å². The fraction of sp³-hybridized carbons (Fsp3) is 0.417. The number of ketones is 1. The summed E-state index contributed by atoms with van der Waals surface area (Å²) in [6, 6.07) is 7.76. The molecule has 0 bridgehead atoms. The second kappa shape index (κ2) is 3.65. The minimum atomic E-state index is -0.433. The van der Waals surface area contributed by atoms with Crippen LogP contribution in [-0.4, -0.2) is 17.1 Å². The van der Waals surface area contributed by atoms with Gasteiger partial charge in [-0.15, -0.1) is 11.8 Å². The molecule has 0 fully saturated rings.